The minimum Gasteiger partial charge on any atom is -0.316 e. The van der Waals surface area contributed by atoms with Gasteiger partial charge in [0.05, 0.1) is 0 Å². The zero-order valence-electron chi connectivity index (χ0n) is 10.0. The van der Waals surface area contributed by atoms with E-state index in [-0.39, 0.29) is 11.6 Å². The zero-order valence-corrected chi connectivity index (χ0v) is 10.0. The first kappa shape index (κ1) is 12.5. The molecule has 2 rings (SSSR count). The van der Waals surface area contributed by atoms with Crippen LogP contribution in [0.15, 0.2) is 18.2 Å². The lowest BCUT2D eigenvalue weighted by atomic mass is 10.0. The number of likely N-dealkylation sites (N-methyl/N-ethyl adjacent to an activating group) is 1. The molecule has 94 valence electrons. The summed E-state index contributed by atoms with van der Waals surface area (Å²) in [6.07, 6.45) is 2.25. The quantitative estimate of drug-likeness (QED) is 0.871. The monoisotopic (exact) mass is 240 g/mol. The Balaban J connectivity index is 2.02. The lowest BCUT2D eigenvalue weighted by Crippen LogP contribution is -2.44. The van der Waals surface area contributed by atoms with E-state index >= 15 is 0 Å². The van der Waals surface area contributed by atoms with Crippen LogP contribution in [-0.4, -0.2) is 31.1 Å². The predicted octanol–water partition coefficient (Wildman–Crippen LogP) is 2.15. The molecule has 17 heavy (non-hydrogen) atoms. The van der Waals surface area contributed by atoms with Gasteiger partial charge in [-0.25, -0.2) is 8.78 Å². The maximum Gasteiger partial charge on any atom is 0.127 e. The number of nitrogens with one attached hydrogen (secondary N) is 1. The first-order valence-corrected chi connectivity index (χ1v) is 6.02. The lowest BCUT2D eigenvalue weighted by Gasteiger charge is -2.32. The first-order chi connectivity index (χ1) is 8.19. The van der Waals surface area contributed by atoms with Gasteiger partial charge in [0.25, 0.3) is 0 Å². The molecule has 1 unspecified atom stereocenters. The van der Waals surface area contributed by atoms with Gasteiger partial charge in [0.1, 0.15) is 11.6 Å². The van der Waals surface area contributed by atoms with E-state index in [1.54, 1.807) is 0 Å². The summed E-state index contributed by atoms with van der Waals surface area (Å²) in [5.74, 6) is -0.693. The van der Waals surface area contributed by atoms with Crippen molar-refractivity contribution in [1.29, 1.82) is 0 Å². The third-order valence-electron chi connectivity index (χ3n) is 3.32. The number of hydrogen-bond donors (Lipinski definition) is 1. The Labute approximate surface area is 101 Å². The van der Waals surface area contributed by atoms with Crippen molar-refractivity contribution >= 4 is 0 Å². The van der Waals surface area contributed by atoms with Gasteiger partial charge >= 0.3 is 0 Å². The van der Waals surface area contributed by atoms with Crippen molar-refractivity contribution in [3.05, 3.63) is 35.4 Å². The molecule has 1 aliphatic rings. The van der Waals surface area contributed by atoms with E-state index in [0.717, 1.165) is 32.0 Å². The molecule has 1 atom stereocenters. The molecular formula is C13H18F2N2. The minimum atomic E-state index is -0.372. The van der Waals surface area contributed by atoms with E-state index < -0.39 is 0 Å². The van der Waals surface area contributed by atoms with Crippen LogP contribution in [-0.2, 0) is 6.54 Å². The fourth-order valence-corrected chi connectivity index (χ4v) is 2.34. The molecule has 1 fully saturated rings. The molecule has 1 aromatic carbocycles. The molecule has 4 heteroatoms. The van der Waals surface area contributed by atoms with Crippen LogP contribution >= 0.6 is 0 Å². The van der Waals surface area contributed by atoms with E-state index in [2.05, 4.69) is 10.2 Å². The number of likely N-dealkylation sites (tertiary alicyclic amines) is 1. The second-order valence-corrected chi connectivity index (χ2v) is 4.60. The van der Waals surface area contributed by atoms with Crippen molar-refractivity contribution < 1.29 is 8.78 Å². The van der Waals surface area contributed by atoms with Gasteiger partial charge in [-0.2, -0.15) is 0 Å². The summed E-state index contributed by atoms with van der Waals surface area (Å²) in [5, 5.41) is 3.24. The van der Waals surface area contributed by atoms with Crippen LogP contribution in [0.5, 0.6) is 0 Å². The van der Waals surface area contributed by atoms with E-state index in [0.29, 0.717) is 18.2 Å². The predicted molar refractivity (Wildman–Crippen MR) is 63.7 cm³/mol. The molecule has 2 nitrogen and oxygen atoms in total. The molecule has 1 aliphatic heterocycles. The highest BCUT2D eigenvalue weighted by Gasteiger charge is 2.19. The maximum atomic E-state index is 13.5. The van der Waals surface area contributed by atoms with E-state index in [4.69, 9.17) is 0 Å². The molecule has 0 amide bonds. The summed E-state index contributed by atoms with van der Waals surface area (Å²) in [4.78, 5) is 2.17. The highest BCUT2D eigenvalue weighted by atomic mass is 19.1. The third kappa shape index (κ3) is 3.23. The molecule has 1 aromatic rings. The summed E-state index contributed by atoms with van der Waals surface area (Å²) >= 11 is 0. The normalized spacial score (nSPS) is 21.7. The molecule has 0 bridgehead atoms. The second-order valence-electron chi connectivity index (χ2n) is 4.60. The van der Waals surface area contributed by atoms with Crippen molar-refractivity contribution in [2.75, 3.05) is 20.1 Å². The van der Waals surface area contributed by atoms with Crippen molar-refractivity contribution in [3.63, 3.8) is 0 Å². The highest BCUT2D eigenvalue weighted by molar-refractivity contribution is 5.18. The van der Waals surface area contributed by atoms with Crippen LogP contribution in [0.25, 0.3) is 0 Å². The Morgan fingerprint density at radius 2 is 2.24 bits per heavy atom. The van der Waals surface area contributed by atoms with Crippen LogP contribution in [0, 0.1) is 11.6 Å². The molecular weight excluding hydrogens is 222 g/mol. The van der Waals surface area contributed by atoms with Crippen LogP contribution < -0.4 is 5.32 Å². The van der Waals surface area contributed by atoms with E-state index in [1.807, 2.05) is 7.05 Å². The number of benzene rings is 1. The Morgan fingerprint density at radius 1 is 1.41 bits per heavy atom. The maximum absolute atomic E-state index is 13.5. The summed E-state index contributed by atoms with van der Waals surface area (Å²) < 4.78 is 26.5. The molecule has 1 N–H and O–H groups in total. The number of hydrogen-bond acceptors (Lipinski definition) is 2. The average Bonchev–Trinajstić information content (AvgIpc) is 2.34. The van der Waals surface area contributed by atoms with Gasteiger partial charge in [0.15, 0.2) is 0 Å². The summed E-state index contributed by atoms with van der Waals surface area (Å²) in [5.41, 5.74) is 0.446. The topological polar surface area (TPSA) is 15.3 Å². The molecule has 0 aliphatic carbocycles. The van der Waals surface area contributed by atoms with Gasteiger partial charge in [-0.05, 0) is 44.6 Å². The van der Waals surface area contributed by atoms with Crippen LogP contribution in [0.1, 0.15) is 18.4 Å². The molecule has 1 heterocycles. The Bertz CT molecular complexity index is 382. The largest absolute Gasteiger partial charge is 0.316 e. The summed E-state index contributed by atoms with van der Waals surface area (Å²) in [7, 11) is 1.94. The summed E-state index contributed by atoms with van der Waals surface area (Å²) in [6.45, 7) is 2.34. The van der Waals surface area contributed by atoms with Crippen LogP contribution in [0.3, 0.4) is 0 Å². The Kier molecular flexibility index (Phi) is 4.07. The number of rotatable bonds is 3. The lowest BCUT2D eigenvalue weighted by molar-refractivity contribution is 0.186. The summed E-state index contributed by atoms with van der Waals surface area (Å²) in [6, 6.07) is 4.11. The minimum absolute atomic E-state index is 0.321. The van der Waals surface area contributed by atoms with Crippen molar-refractivity contribution in [2.24, 2.45) is 0 Å². The fourth-order valence-electron chi connectivity index (χ4n) is 2.34. The molecule has 0 radical (unpaired) electrons. The Morgan fingerprint density at radius 3 is 3.00 bits per heavy atom. The third-order valence-corrected chi connectivity index (χ3v) is 3.32. The molecule has 0 saturated carbocycles. The van der Waals surface area contributed by atoms with Gasteiger partial charge in [0, 0.05) is 24.7 Å². The number of piperidine rings is 1. The van der Waals surface area contributed by atoms with Crippen molar-refractivity contribution in [2.45, 2.75) is 25.4 Å². The standard InChI is InChI=1S/C13H18F2N2/c1-16-12-3-2-6-17(9-12)8-10-7-11(14)4-5-13(10)15/h4-5,7,12,16H,2-3,6,8-9H2,1H3. The van der Waals surface area contributed by atoms with Crippen molar-refractivity contribution in [3.8, 4) is 0 Å². The van der Waals surface area contributed by atoms with Gasteiger partial charge in [0.2, 0.25) is 0 Å². The van der Waals surface area contributed by atoms with Gasteiger partial charge in [-0.1, -0.05) is 0 Å². The Hall–Kier alpha value is -1.00. The van der Waals surface area contributed by atoms with Crippen LogP contribution in [0.4, 0.5) is 8.78 Å². The molecule has 0 aromatic heterocycles. The molecule has 0 spiro atoms. The fraction of sp³-hybridized carbons (Fsp3) is 0.538. The SMILES string of the molecule is CNC1CCCN(Cc2cc(F)ccc2F)C1. The zero-order chi connectivity index (χ0) is 12.3. The van der Waals surface area contributed by atoms with Gasteiger partial charge in [-0.15, -0.1) is 0 Å². The highest BCUT2D eigenvalue weighted by Crippen LogP contribution is 2.16. The number of nitrogens with zero attached hydrogens (tertiary/aromatic N) is 1. The number of halogens is 2. The first-order valence-electron chi connectivity index (χ1n) is 6.02. The van der Waals surface area contributed by atoms with E-state index in [9.17, 15) is 8.78 Å². The van der Waals surface area contributed by atoms with Gasteiger partial charge in [-0.3, -0.25) is 4.90 Å². The van der Waals surface area contributed by atoms with Gasteiger partial charge < -0.3 is 5.32 Å². The smallest absolute Gasteiger partial charge is 0.127 e. The average molecular weight is 240 g/mol. The van der Waals surface area contributed by atoms with Crippen molar-refractivity contribution in [1.82, 2.24) is 10.2 Å². The van der Waals surface area contributed by atoms with Crippen LogP contribution in [0.2, 0.25) is 0 Å². The molecule has 1 saturated heterocycles. The second kappa shape index (κ2) is 5.56. The van der Waals surface area contributed by atoms with E-state index in [1.165, 1.54) is 12.1 Å².